The molecule has 0 aliphatic carbocycles. The van der Waals surface area contributed by atoms with Gasteiger partial charge in [0, 0.05) is 12.2 Å². The molecular weight excluding hydrogens is 204 g/mol. The van der Waals surface area contributed by atoms with Crippen molar-refractivity contribution in [2.24, 2.45) is 0 Å². The summed E-state index contributed by atoms with van der Waals surface area (Å²) in [5.74, 6) is 0.0221. The van der Waals surface area contributed by atoms with E-state index >= 15 is 0 Å². The third-order valence-corrected chi connectivity index (χ3v) is 2.27. The molecule has 0 saturated carbocycles. The Bertz CT molecular complexity index is 351. The van der Waals surface area contributed by atoms with Gasteiger partial charge in [0.05, 0.1) is 5.56 Å². The Balaban J connectivity index is 2.45. The molecule has 4 heteroatoms. The van der Waals surface area contributed by atoms with E-state index in [1.807, 2.05) is 14.1 Å². The number of carbonyl (C=O) groups is 1. The summed E-state index contributed by atoms with van der Waals surface area (Å²) in [5.41, 5.74) is 1.18. The molecule has 0 aliphatic rings. The maximum Gasteiger partial charge on any atom is 0.153 e. The van der Waals surface area contributed by atoms with Crippen LogP contribution < -0.4 is 5.32 Å². The summed E-state index contributed by atoms with van der Waals surface area (Å²) < 4.78 is 0. The molecule has 0 aliphatic heterocycles. The summed E-state index contributed by atoms with van der Waals surface area (Å²) in [6, 6.07) is 4.94. The number of anilines is 1. The topological polar surface area (TPSA) is 52.6 Å². The number of phenolic OH excluding ortho intramolecular Hbond substituents is 1. The number of carbonyl (C=O) groups excluding carboxylic acids is 1. The molecule has 0 atom stereocenters. The molecule has 0 saturated heterocycles. The Kier molecular flexibility index (Phi) is 4.79. The van der Waals surface area contributed by atoms with Crippen molar-refractivity contribution >= 4 is 12.0 Å². The Morgan fingerprint density at radius 2 is 2.19 bits per heavy atom. The van der Waals surface area contributed by atoms with Crippen LogP contribution in [-0.2, 0) is 0 Å². The van der Waals surface area contributed by atoms with Gasteiger partial charge >= 0.3 is 0 Å². The molecule has 0 aromatic heterocycles. The number of benzene rings is 1. The van der Waals surface area contributed by atoms with E-state index in [0.29, 0.717) is 11.8 Å². The standard InChI is InChI=1S/C12H18N2O2/c1-14(2)7-3-6-13-11-4-5-12(16)10(8-11)9-15/h4-5,8-9,13,16H,3,6-7H2,1-2H3. The second-order valence-corrected chi connectivity index (χ2v) is 3.98. The van der Waals surface area contributed by atoms with Gasteiger partial charge in [-0.2, -0.15) is 0 Å². The van der Waals surface area contributed by atoms with Crippen LogP contribution in [0.3, 0.4) is 0 Å². The van der Waals surface area contributed by atoms with Crippen LogP contribution in [-0.4, -0.2) is 43.5 Å². The maximum atomic E-state index is 10.6. The lowest BCUT2D eigenvalue weighted by Gasteiger charge is -2.11. The molecule has 88 valence electrons. The minimum Gasteiger partial charge on any atom is -0.507 e. The first-order chi connectivity index (χ1) is 7.63. The predicted molar refractivity (Wildman–Crippen MR) is 65.2 cm³/mol. The van der Waals surface area contributed by atoms with Crippen LogP contribution in [0.4, 0.5) is 5.69 Å². The fourth-order valence-electron chi connectivity index (χ4n) is 1.39. The quantitative estimate of drug-likeness (QED) is 0.436. The lowest BCUT2D eigenvalue weighted by molar-refractivity contribution is 0.112. The van der Waals surface area contributed by atoms with Crippen molar-refractivity contribution in [3.05, 3.63) is 23.8 Å². The van der Waals surface area contributed by atoms with E-state index in [4.69, 9.17) is 0 Å². The first-order valence-electron chi connectivity index (χ1n) is 5.30. The first kappa shape index (κ1) is 12.5. The fourth-order valence-corrected chi connectivity index (χ4v) is 1.39. The van der Waals surface area contributed by atoms with Crippen molar-refractivity contribution in [1.82, 2.24) is 4.90 Å². The number of nitrogens with one attached hydrogen (secondary N) is 1. The van der Waals surface area contributed by atoms with Crippen molar-refractivity contribution in [2.45, 2.75) is 6.42 Å². The number of hydrogen-bond acceptors (Lipinski definition) is 4. The lowest BCUT2D eigenvalue weighted by Crippen LogP contribution is -2.16. The van der Waals surface area contributed by atoms with Gasteiger partial charge < -0.3 is 15.3 Å². The second-order valence-electron chi connectivity index (χ2n) is 3.98. The van der Waals surface area contributed by atoms with E-state index in [9.17, 15) is 9.90 Å². The minimum absolute atomic E-state index is 0.0221. The molecule has 0 bridgehead atoms. The van der Waals surface area contributed by atoms with Gasteiger partial charge in [0.25, 0.3) is 0 Å². The predicted octanol–water partition coefficient (Wildman–Crippen LogP) is 1.57. The van der Waals surface area contributed by atoms with E-state index in [0.717, 1.165) is 25.2 Å². The van der Waals surface area contributed by atoms with Crippen LogP contribution in [0.5, 0.6) is 5.75 Å². The van der Waals surface area contributed by atoms with E-state index in [2.05, 4.69) is 10.2 Å². The highest BCUT2D eigenvalue weighted by molar-refractivity contribution is 5.81. The molecule has 16 heavy (non-hydrogen) atoms. The molecule has 0 fully saturated rings. The Labute approximate surface area is 95.9 Å². The van der Waals surface area contributed by atoms with E-state index in [1.165, 1.54) is 6.07 Å². The number of aromatic hydroxyl groups is 1. The van der Waals surface area contributed by atoms with Gasteiger partial charge in [0.1, 0.15) is 5.75 Å². The highest BCUT2D eigenvalue weighted by Gasteiger charge is 2.00. The summed E-state index contributed by atoms with van der Waals surface area (Å²) in [4.78, 5) is 12.7. The van der Waals surface area contributed by atoms with Gasteiger partial charge in [0.15, 0.2) is 6.29 Å². The van der Waals surface area contributed by atoms with Crippen LogP contribution in [0.2, 0.25) is 0 Å². The van der Waals surface area contributed by atoms with Gasteiger partial charge in [-0.1, -0.05) is 0 Å². The second kappa shape index (κ2) is 6.12. The number of phenols is 1. The molecule has 1 rings (SSSR count). The summed E-state index contributed by atoms with van der Waals surface area (Å²) in [5, 5.41) is 12.5. The number of aldehydes is 1. The SMILES string of the molecule is CN(C)CCCNc1ccc(O)c(C=O)c1. The lowest BCUT2D eigenvalue weighted by atomic mass is 10.2. The van der Waals surface area contributed by atoms with Crippen LogP contribution in [0.15, 0.2) is 18.2 Å². The zero-order valence-electron chi connectivity index (χ0n) is 9.73. The normalized spacial score (nSPS) is 10.4. The van der Waals surface area contributed by atoms with Gasteiger partial charge in [0.2, 0.25) is 0 Å². The molecule has 0 unspecified atom stereocenters. The third-order valence-electron chi connectivity index (χ3n) is 2.27. The monoisotopic (exact) mass is 222 g/mol. The molecule has 0 amide bonds. The number of rotatable bonds is 6. The molecule has 0 heterocycles. The highest BCUT2D eigenvalue weighted by Crippen LogP contribution is 2.19. The average Bonchev–Trinajstić information content (AvgIpc) is 2.26. The van der Waals surface area contributed by atoms with Crippen molar-refractivity contribution in [3.63, 3.8) is 0 Å². The third kappa shape index (κ3) is 3.90. The van der Waals surface area contributed by atoms with Crippen molar-refractivity contribution in [2.75, 3.05) is 32.5 Å². The molecule has 0 radical (unpaired) electrons. The fraction of sp³-hybridized carbons (Fsp3) is 0.417. The first-order valence-corrected chi connectivity index (χ1v) is 5.30. The summed E-state index contributed by atoms with van der Waals surface area (Å²) >= 11 is 0. The van der Waals surface area contributed by atoms with Crippen molar-refractivity contribution in [3.8, 4) is 5.75 Å². The molecule has 0 spiro atoms. The van der Waals surface area contributed by atoms with E-state index in [1.54, 1.807) is 12.1 Å². The molecule has 1 aromatic rings. The highest BCUT2D eigenvalue weighted by atomic mass is 16.3. The van der Waals surface area contributed by atoms with Crippen LogP contribution in [0, 0.1) is 0 Å². The largest absolute Gasteiger partial charge is 0.507 e. The molecule has 4 nitrogen and oxygen atoms in total. The zero-order valence-corrected chi connectivity index (χ0v) is 9.73. The summed E-state index contributed by atoms with van der Waals surface area (Å²) in [6.45, 7) is 1.87. The van der Waals surface area contributed by atoms with Crippen molar-refractivity contribution < 1.29 is 9.90 Å². The van der Waals surface area contributed by atoms with Crippen LogP contribution in [0.25, 0.3) is 0 Å². The van der Waals surface area contributed by atoms with Gasteiger partial charge in [-0.25, -0.2) is 0 Å². The molecular formula is C12H18N2O2. The maximum absolute atomic E-state index is 10.6. The summed E-state index contributed by atoms with van der Waals surface area (Å²) in [6.07, 6.45) is 1.69. The zero-order chi connectivity index (χ0) is 12.0. The molecule has 1 aromatic carbocycles. The minimum atomic E-state index is 0.0221. The smallest absolute Gasteiger partial charge is 0.153 e. The van der Waals surface area contributed by atoms with E-state index < -0.39 is 0 Å². The number of nitrogens with zero attached hydrogens (tertiary/aromatic N) is 1. The Hall–Kier alpha value is -1.55. The molecule has 2 N–H and O–H groups in total. The Morgan fingerprint density at radius 3 is 2.81 bits per heavy atom. The van der Waals surface area contributed by atoms with Gasteiger partial charge in [-0.05, 0) is 45.3 Å². The number of hydrogen-bond donors (Lipinski definition) is 2. The summed E-state index contributed by atoms with van der Waals surface area (Å²) in [7, 11) is 4.07. The Morgan fingerprint density at radius 1 is 1.44 bits per heavy atom. The van der Waals surface area contributed by atoms with Crippen molar-refractivity contribution in [1.29, 1.82) is 0 Å². The average molecular weight is 222 g/mol. The van der Waals surface area contributed by atoms with Crippen LogP contribution in [0.1, 0.15) is 16.8 Å². The van der Waals surface area contributed by atoms with Gasteiger partial charge in [-0.3, -0.25) is 4.79 Å². The van der Waals surface area contributed by atoms with Gasteiger partial charge in [-0.15, -0.1) is 0 Å². The van der Waals surface area contributed by atoms with E-state index in [-0.39, 0.29) is 5.75 Å². The van der Waals surface area contributed by atoms with Crippen LogP contribution >= 0.6 is 0 Å².